The number of amides is 1. The molecule has 0 heterocycles. The lowest BCUT2D eigenvalue weighted by molar-refractivity contribution is -0.139. The molecule has 160 valence electrons. The summed E-state index contributed by atoms with van der Waals surface area (Å²) in [7, 11) is -4.07. The third kappa shape index (κ3) is 6.24. The van der Waals surface area contributed by atoms with Gasteiger partial charge < -0.3 is 10.4 Å². The minimum absolute atomic E-state index is 0.0489. The summed E-state index contributed by atoms with van der Waals surface area (Å²) in [4.78, 5) is 23.6. The standard InChI is InChI=1S/C23H22N2O5S/c26-22(24-19-9-5-2-6-10-19)16-15-21(23(27)28)25-31(29,30)20-13-11-18(12-14-20)17-7-3-1-4-8-17/h1-14,21,25H,15-16H2,(H,24,26)(H,27,28)/t21-/m0/s1. The molecule has 7 nitrogen and oxygen atoms in total. The predicted molar refractivity (Wildman–Crippen MR) is 118 cm³/mol. The Labute approximate surface area is 180 Å². The molecule has 0 unspecified atom stereocenters. The molecule has 0 aliphatic heterocycles. The van der Waals surface area contributed by atoms with Gasteiger partial charge in [0, 0.05) is 12.1 Å². The number of sulfonamides is 1. The fourth-order valence-electron chi connectivity index (χ4n) is 2.97. The van der Waals surface area contributed by atoms with E-state index >= 15 is 0 Å². The van der Waals surface area contributed by atoms with Gasteiger partial charge in [-0.15, -0.1) is 0 Å². The molecule has 0 saturated carbocycles. The summed E-state index contributed by atoms with van der Waals surface area (Å²) >= 11 is 0. The van der Waals surface area contributed by atoms with Crippen molar-refractivity contribution in [2.75, 3.05) is 5.32 Å². The average Bonchev–Trinajstić information content (AvgIpc) is 2.78. The van der Waals surface area contributed by atoms with E-state index in [1.54, 1.807) is 42.5 Å². The smallest absolute Gasteiger partial charge is 0.321 e. The van der Waals surface area contributed by atoms with Crippen LogP contribution in [0.1, 0.15) is 12.8 Å². The molecular weight excluding hydrogens is 416 g/mol. The van der Waals surface area contributed by atoms with Crippen molar-refractivity contribution in [2.24, 2.45) is 0 Å². The van der Waals surface area contributed by atoms with Gasteiger partial charge >= 0.3 is 5.97 Å². The maximum Gasteiger partial charge on any atom is 0.321 e. The Bertz CT molecular complexity index is 1130. The van der Waals surface area contributed by atoms with Gasteiger partial charge in [-0.1, -0.05) is 60.7 Å². The second-order valence-corrected chi connectivity index (χ2v) is 8.57. The van der Waals surface area contributed by atoms with Gasteiger partial charge in [0.05, 0.1) is 4.90 Å². The van der Waals surface area contributed by atoms with Gasteiger partial charge in [0.1, 0.15) is 6.04 Å². The van der Waals surface area contributed by atoms with Crippen molar-refractivity contribution in [3.63, 3.8) is 0 Å². The highest BCUT2D eigenvalue weighted by Gasteiger charge is 2.26. The molecule has 3 N–H and O–H groups in total. The fraction of sp³-hybridized carbons (Fsp3) is 0.130. The third-order valence-electron chi connectivity index (χ3n) is 4.58. The van der Waals surface area contributed by atoms with Crippen molar-refractivity contribution >= 4 is 27.6 Å². The first kappa shape index (κ1) is 22.2. The molecular formula is C23H22N2O5S. The molecule has 3 rings (SSSR count). The van der Waals surface area contributed by atoms with Gasteiger partial charge in [-0.05, 0) is 41.8 Å². The monoisotopic (exact) mass is 438 g/mol. The first-order valence-electron chi connectivity index (χ1n) is 9.61. The number of hydrogen-bond donors (Lipinski definition) is 3. The second-order valence-electron chi connectivity index (χ2n) is 6.86. The van der Waals surface area contributed by atoms with Crippen LogP contribution in [0.3, 0.4) is 0 Å². The van der Waals surface area contributed by atoms with Crippen molar-refractivity contribution in [3.05, 3.63) is 84.9 Å². The average molecular weight is 439 g/mol. The molecule has 0 aliphatic rings. The van der Waals surface area contributed by atoms with E-state index in [0.29, 0.717) is 5.69 Å². The van der Waals surface area contributed by atoms with Gasteiger partial charge in [0.25, 0.3) is 0 Å². The van der Waals surface area contributed by atoms with Crippen molar-refractivity contribution in [2.45, 2.75) is 23.8 Å². The number of carboxylic acids is 1. The lowest BCUT2D eigenvalue weighted by Crippen LogP contribution is -2.41. The molecule has 0 saturated heterocycles. The number of benzene rings is 3. The summed E-state index contributed by atoms with van der Waals surface area (Å²) in [6.07, 6.45) is -0.337. The highest BCUT2D eigenvalue weighted by Crippen LogP contribution is 2.21. The topological polar surface area (TPSA) is 113 Å². The highest BCUT2D eigenvalue weighted by molar-refractivity contribution is 7.89. The van der Waals surface area contributed by atoms with Crippen molar-refractivity contribution in [1.82, 2.24) is 4.72 Å². The second kappa shape index (κ2) is 10.0. The summed E-state index contributed by atoms with van der Waals surface area (Å²) in [5.41, 5.74) is 2.36. The van der Waals surface area contributed by atoms with Crippen LogP contribution in [-0.4, -0.2) is 31.4 Å². The summed E-state index contributed by atoms with van der Waals surface area (Å²) < 4.78 is 27.5. The third-order valence-corrected chi connectivity index (χ3v) is 6.07. The number of carbonyl (C=O) groups is 2. The zero-order chi connectivity index (χ0) is 22.3. The number of anilines is 1. The molecule has 3 aromatic rings. The summed E-state index contributed by atoms with van der Waals surface area (Å²) in [5, 5.41) is 12.1. The number of carboxylic acid groups (broad SMARTS) is 1. The van der Waals surface area contributed by atoms with E-state index in [0.717, 1.165) is 11.1 Å². The van der Waals surface area contributed by atoms with E-state index in [9.17, 15) is 23.1 Å². The molecule has 8 heteroatoms. The van der Waals surface area contributed by atoms with E-state index in [1.807, 2.05) is 30.3 Å². The fourth-order valence-corrected chi connectivity index (χ4v) is 4.19. The molecule has 0 spiro atoms. The van der Waals surface area contributed by atoms with E-state index in [2.05, 4.69) is 10.0 Å². The Morgan fingerprint density at radius 3 is 1.94 bits per heavy atom. The quantitative estimate of drug-likeness (QED) is 0.473. The van der Waals surface area contributed by atoms with Crippen LogP contribution in [0.25, 0.3) is 11.1 Å². The Hall–Kier alpha value is -3.49. The zero-order valence-electron chi connectivity index (χ0n) is 16.6. The molecule has 0 aliphatic carbocycles. The summed E-state index contributed by atoms with van der Waals surface area (Å²) in [6.45, 7) is 0. The number of rotatable bonds is 9. The van der Waals surface area contributed by atoms with Gasteiger partial charge in [-0.2, -0.15) is 4.72 Å². The van der Waals surface area contributed by atoms with Crippen LogP contribution in [-0.2, 0) is 19.6 Å². The SMILES string of the molecule is O=C(CC[C@H](NS(=O)(=O)c1ccc(-c2ccccc2)cc1)C(=O)O)Nc1ccccc1. The normalized spacial score (nSPS) is 12.1. The Balaban J connectivity index is 1.64. The largest absolute Gasteiger partial charge is 0.480 e. The van der Waals surface area contributed by atoms with Gasteiger partial charge in [-0.25, -0.2) is 8.42 Å². The summed E-state index contributed by atoms with van der Waals surface area (Å²) in [6, 6.07) is 22.9. The number of nitrogens with one attached hydrogen (secondary N) is 2. The van der Waals surface area contributed by atoms with Gasteiger partial charge in [-0.3, -0.25) is 9.59 Å². The molecule has 0 aromatic heterocycles. The maximum atomic E-state index is 12.7. The lowest BCUT2D eigenvalue weighted by Gasteiger charge is -2.15. The first-order valence-corrected chi connectivity index (χ1v) is 11.1. The van der Waals surface area contributed by atoms with Crippen LogP contribution < -0.4 is 10.0 Å². The molecule has 0 radical (unpaired) electrons. The van der Waals surface area contributed by atoms with Crippen molar-refractivity contribution in [1.29, 1.82) is 0 Å². The van der Waals surface area contributed by atoms with Crippen LogP contribution >= 0.6 is 0 Å². The van der Waals surface area contributed by atoms with Crippen molar-refractivity contribution in [3.8, 4) is 11.1 Å². The maximum absolute atomic E-state index is 12.7. The minimum atomic E-state index is -4.07. The lowest BCUT2D eigenvalue weighted by atomic mass is 10.1. The first-order chi connectivity index (χ1) is 14.8. The van der Waals surface area contributed by atoms with Crippen LogP contribution in [0.5, 0.6) is 0 Å². The number of aliphatic carboxylic acids is 1. The predicted octanol–water partition coefficient (Wildman–Crippen LogP) is 3.50. The molecule has 1 amide bonds. The molecule has 0 bridgehead atoms. The van der Waals surface area contributed by atoms with E-state index in [4.69, 9.17) is 0 Å². The van der Waals surface area contributed by atoms with E-state index in [-0.39, 0.29) is 17.7 Å². The molecule has 3 aromatic carbocycles. The van der Waals surface area contributed by atoms with Crippen LogP contribution in [0, 0.1) is 0 Å². The van der Waals surface area contributed by atoms with Crippen LogP contribution in [0.2, 0.25) is 0 Å². The molecule has 1 atom stereocenters. The molecule has 31 heavy (non-hydrogen) atoms. The van der Waals surface area contributed by atoms with E-state index in [1.165, 1.54) is 12.1 Å². The number of hydrogen-bond acceptors (Lipinski definition) is 4. The molecule has 0 fully saturated rings. The Morgan fingerprint density at radius 1 is 0.806 bits per heavy atom. The number of carbonyl (C=O) groups excluding carboxylic acids is 1. The zero-order valence-corrected chi connectivity index (χ0v) is 17.4. The number of para-hydroxylation sites is 1. The minimum Gasteiger partial charge on any atom is -0.480 e. The van der Waals surface area contributed by atoms with E-state index < -0.39 is 27.9 Å². The summed E-state index contributed by atoms with van der Waals surface area (Å²) in [5.74, 6) is -1.75. The van der Waals surface area contributed by atoms with Gasteiger partial charge in [0.2, 0.25) is 15.9 Å². The van der Waals surface area contributed by atoms with Gasteiger partial charge in [0.15, 0.2) is 0 Å². The van der Waals surface area contributed by atoms with Crippen molar-refractivity contribution < 1.29 is 23.1 Å². The Morgan fingerprint density at radius 2 is 1.35 bits per heavy atom. The highest BCUT2D eigenvalue weighted by atomic mass is 32.2. The van der Waals surface area contributed by atoms with Crippen LogP contribution in [0.4, 0.5) is 5.69 Å². The van der Waals surface area contributed by atoms with Crippen LogP contribution in [0.15, 0.2) is 89.8 Å². The Kier molecular flexibility index (Phi) is 7.17.